The van der Waals surface area contributed by atoms with Gasteiger partial charge in [0, 0.05) is 0 Å². The van der Waals surface area contributed by atoms with Crippen LogP contribution in [-0.4, -0.2) is 22.2 Å². The van der Waals surface area contributed by atoms with Gasteiger partial charge in [0.2, 0.25) is 0 Å². The van der Waals surface area contributed by atoms with Crippen molar-refractivity contribution in [3.63, 3.8) is 0 Å². The van der Waals surface area contributed by atoms with Gasteiger partial charge in [0.15, 0.2) is 0 Å². The smallest absolute Gasteiger partial charge is 0.336 e. The molecule has 0 heterocycles. The molecule has 0 radical (unpaired) electrons. The van der Waals surface area contributed by atoms with Gasteiger partial charge >= 0.3 is 11.9 Å². The van der Waals surface area contributed by atoms with Crippen LogP contribution in [-0.2, 0) is 9.59 Å². The van der Waals surface area contributed by atoms with Crippen molar-refractivity contribution in [1.82, 2.24) is 0 Å². The maximum absolute atomic E-state index is 11.1. The highest BCUT2D eigenvalue weighted by atomic mass is 16.4. The van der Waals surface area contributed by atoms with E-state index in [0.717, 1.165) is 0 Å². The van der Waals surface area contributed by atoms with E-state index >= 15 is 0 Å². The average Bonchev–Trinajstić information content (AvgIpc) is 2.25. The number of carbonyl (C=O) groups is 2. The Kier molecular flexibility index (Phi) is 3.83. The average molecular weight is 220 g/mol. The van der Waals surface area contributed by atoms with Gasteiger partial charge in [-0.1, -0.05) is 37.3 Å². The van der Waals surface area contributed by atoms with Crippen LogP contribution in [0.2, 0.25) is 0 Å². The lowest BCUT2D eigenvalue weighted by atomic mass is 9.98. The molecule has 0 spiro atoms. The summed E-state index contributed by atoms with van der Waals surface area (Å²) in [5.74, 6) is -2.41. The monoisotopic (exact) mass is 220 g/mol. The number of rotatable bonds is 4. The first kappa shape index (κ1) is 12.0. The number of carboxylic acids is 2. The van der Waals surface area contributed by atoms with Crippen molar-refractivity contribution < 1.29 is 19.8 Å². The van der Waals surface area contributed by atoms with Gasteiger partial charge in [0.25, 0.3) is 0 Å². The van der Waals surface area contributed by atoms with Crippen molar-refractivity contribution in [2.24, 2.45) is 0 Å². The second-order valence-electron chi connectivity index (χ2n) is 3.18. The highest BCUT2D eigenvalue weighted by molar-refractivity contribution is 6.21. The Labute approximate surface area is 92.8 Å². The first-order valence-electron chi connectivity index (χ1n) is 4.83. The summed E-state index contributed by atoms with van der Waals surface area (Å²) in [4.78, 5) is 22.0. The Morgan fingerprint density at radius 2 is 1.62 bits per heavy atom. The molecule has 1 aromatic rings. The summed E-state index contributed by atoms with van der Waals surface area (Å²) in [6.45, 7) is 1.62. The van der Waals surface area contributed by atoms with E-state index in [0.29, 0.717) is 5.56 Å². The fourth-order valence-corrected chi connectivity index (χ4v) is 1.47. The molecular weight excluding hydrogens is 208 g/mol. The lowest BCUT2D eigenvalue weighted by Crippen LogP contribution is -2.10. The third-order valence-electron chi connectivity index (χ3n) is 2.19. The standard InChI is InChI=1S/C12H12O4/c1-2-9(11(13)14)10(12(15)16)8-6-4-3-5-7-8/h3-7H,2H2,1H3,(H,13,14)(H,15,16)/b10-9+. The Hall–Kier alpha value is -2.10. The molecule has 0 unspecified atom stereocenters. The number of hydrogen-bond acceptors (Lipinski definition) is 2. The van der Waals surface area contributed by atoms with E-state index in [1.54, 1.807) is 37.3 Å². The lowest BCUT2D eigenvalue weighted by molar-refractivity contribution is -0.134. The first-order chi connectivity index (χ1) is 7.57. The minimum atomic E-state index is -1.22. The van der Waals surface area contributed by atoms with Gasteiger partial charge in [0.05, 0.1) is 11.1 Å². The van der Waals surface area contributed by atoms with Gasteiger partial charge in [-0.3, -0.25) is 0 Å². The van der Waals surface area contributed by atoms with Gasteiger partial charge in [-0.15, -0.1) is 0 Å². The molecule has 0 amide bonds. The van der Waals surface area contributed by atoms with Crippen molar-refractivity contribution in [3.05, 3.63) is 41.5 Å². The molecule has 0 saturated heterocycles. The molecule has 2 N–H and O–H groups in total. The molecule has 0 bridgehead atoms. The highest BCUT2D eigenvalue weighted by Crippen LogP contribution is 2.21. The highest BCUT2D eigenvalue weighted by Gasteiger charge is 2.19. The summed E-state index contributed by atoms with van der Waals surface area (Å²) in [6.07, 6.45) is 0.172. The molecular formula is C12H12O4. The minimum Gasteiger partial charge on any atom is -0.478 e. The number of benzene rings is 1. The van der Waals surface area contributed by atoms with Crippen LogP contribution in [0, 0.1) is 0 Å². The lowest BCUT2D eigenvalue weighted by Gasteiger charge is -2.06. The predicted octanol–water partition coefficient (Wildman–Crippen LogP) is 2.02. The zero-order valence-electron chi connectivity index (χ0n) is 8.80. The number of aliphatic carboxylic acids is 2. The molecule has 1 rings (SSSR count). The predicted molar refractivity (Wildman–Crippen MR) is 58.9 cm³/mol. The van der Waals surface area contributed by atoms with Gasteiger partial charge in [-0.25, -0.2) is 9.59 Å². The fourth-order valence-electron chi connectivity index (χ4n) is 1.47. The van der Waals surface area contributed by atoms with Gasteiger partial charge in [0.1, 0.15) is 0 Å². The molecule has 0 aliphatic carbocycles. The van der Waals surface area contributed by atoms with E-state index in [1.807, 2.05) is 0 Å². The van der Waals surface area contributed by atoms with Crippen LogP contribution in [0.15, 0.2) is 35.9 Å². The van der Waals surface area contributed by atoms with Crippen LogP contribution in [0.25, 0.3) is 5.57 Å². The Balaban J connectivity index is 3.40. The SMILES string of the molecule is CC/C(C(=O)O)=C(\C(=O)O)c1ccccc1. The Morgan fingerprint density at radius 3 is 2.00 bits per heavy atom. The normalized spacial score (nSPS) is 11.8. The molecule has 16 heavy (non-hydrogen) atoms. The first-order valence-corrected chi connectivity index (χ1v) is 4.83. The molecule has 4 nitrogen and oxygen atoms in total. The zero-order valence-corrected chi connectivity index (χ0v) is 8.80. The summed E-state index contributed by atoms with van der Waals surface area (Å²) in [5.41, 5.74) is 0.184. The van der Waals surface area contributed by atoms with Gasteiger partial charge in [-0.05, 0) is 12.0 Å². The maximum atomic E-state index is 11.1. The van der Waals surface area contributed by atoms with E-state index in [2.05, 4.69) is 0 Å². The second kappa shape index (κ2) is 5.11. The van der Waals surface area contributed by atoms with Crippen LogP contribution < -0.4 is 0 Å². The van der Waals surface area contributed by atoms with Crippen molar-refractivity contribution in [3.8, 4) is 0 Å². The van der Waals surface area contributed by atoms with Crippen molar-refractivity contribution in [1.29, 1.82) is 0 Å². The second-order valence-corrected chi connectivity index (χ2v) is 3.18. The van der Waals surface area contributed by atoms with Crippen LogP contribution in [0.5, 0.6) is 0 Å². The van der Waals surface area contributed by atoms with Crippen molar-refractivity contribution >= 4 is 17.5 Å². The third-order valence-corrected chi connectivity index (χ3v) is 2.19. The third kappa shape index (κ3) is 2.48. The van der Waals surface area contributed by atoms with Gasteiger partial charge in [-0.2, -0.15) is 0 Å². The molecule has 0 atom stereocenters. The van der Waals surface area contributed by atoms with E-state index < -0.39 is 11.9 Å². The number of carboxylic acid groups (broad SMARTS) is 2. The topological polar surface area (TPSA) is 74.6 Å². The molecule has 0 aliphatic heterocycles. The van der Waals surface area contributed by atoms with Crippen molar-refractivity contribution in [2.75, 3.05) is 0 Å². The Morgan fingerprint density at radius 1 is 1.06 bits per heavy atom. The Bertz CT molecular complexity index is 432. The summed E-state index contributed by atoms with van der Waals surface area (Å²) < 4.78 is 0. The molecule has 0 fully saturated rings. The van der Waals surface area contributed by atoms with Crippen LogP contribution >= 0.6 is 0 Å². The molecule has 0 saturated carbocycles. The van der Waals surface area contributed by atoms with E-state index in [9.17, 15) is 9.59 Å². The number of hydrogen-bond donors (Lipinski definition) is 2. The molecule has 1 aromatic carbocycles. The summed E-state index contributed by atoms with van der Waals surface area (Å²) >= 11 is 0. The van der Waals surface area contributed by atoms with Crippen molar-refractivity contribution in [2.45, 2.75) is 13.3 Å². The molecule has 84 valence electrons. The molecule has 4 heteroatoms. The van der Waals surface area contributed by atoms with E-state index in [4.69, 9.17) is 10.2 Å². The van der Waals surface area contributed by atoms with Crippen LogP contribution in [0.1, 0.15) is 18.9 Å². The summed E-state index contributed by atoms with van der Waals surface area (Å²) in [5, 5.41) is 18.0. The largest absolute Gasteiger partial charge is 0.478 e. The van der Waals surface area contributed by atoms with Gasteiger partial charge < -0.3 is 10.2 Å². The zero-order chi connectivity index (χ0) is 12.1. The van der Waals surface area contributed by atoms with Crippen LogP contribution in [0.4, 0.5) is 0 Å². The quantitative estimate of drug-likeness (QED) is 0.761. The minimum absolute atomic E-state index is 0.0845. The molecule has 0 aliphatic rings. The van der Waals surface area contributed by atoms with E-state index in [-0.39, 0.29) is 17.6 Å². The van der Waals surface area contributed by atoms with Crippen LogP contribution in [0.3, 0.4) is 0 Å². The van der Waals surface area contributed by atoms with E-state index in [1.165, 1.54) is 0 Å². The molecule has 0 aromatic heterocycles. The summed E-state index contributed by atoms with van der Waals surface area (Å²) in [6, 6.07) is 8.26. The fraction of sp³-hybridized carbons (Fsp3) is 0.167. The maximum Gasteiger partial charge on any atom is 0.336 e. The summed E-state index contributed by atoms with van der Waals surface area (Å²) in [7, 11) is 0.